The molecule has 2 aromatic carbocycles. The summed E-state index contributed by atoms with van der Waals surface area (Å²) in [7, 11) is 0. The number of fused-ring (bicyclic) bond motifs is 1. The van der Waals surface area contributed by atoms with Crippen molar-refractivity contribution in [3.8, 4) is 0 Å². The number of benzene rings is 2. The van der Waals surface area contributed by atoms with Crippen LogP contribution in [0.3, 0.4) is 0 Å². The van der Waals surface area contributed by atoms with Gasteiger partial charge in [0.05, 0.1) is 0 Å². The van der Waals surface area contributed by atoms with Crippen molar-refractivity contribution in [2.75, 3.05) is 0 Å². The fraction of sp³-hybridized carbons (Fsp3) is 0.235. The maximum absolute atomic E-state index is 12.7. The Labute approximate surface area is 125 Å². The summed E-state index contributed by atoms with van der Waals surface area (Å²) in [6.07, 6.45) is 1.61. The highest BCUT2D eigenvalue weighted by molar-refractivity contribution is 9.10. The molecule has 2 aromatic rings. The van der Waals surface area contributed by atoms with Gasteiger partial charge in [0, 0.05) is 10.0 Å². The van der Waals surface area contributed by atoms with Gasteiger partial charge in [0.25, 0.3) is 0 Å². The Balaban J connectivity index is 1.69. The normalized spacial score (nSPS) is 27.4. The molecule has 0 radical (unpaired) electrons. The number of carbonyl (C=O) groups is 1. The number of aryl methyl sites for hydroxylation is 1. The van der Waals surface area contributed by atoms with Crippen LogP contribution >= 0.6 is 15.9 Å². The Morgan fingerprint density at radius 3 is 2.65 bits per heavy atom. The predicted octanol–water partition coefficient (Wildman–Crippen LogP) is 4.09. The highest BCUT2D eigenvalue weighted by Gasteiger charge is 2.63. The third-order valence-corrected chi connectivity index (χ3v) is 4.81. The van der Waals surface area contributed by atoms with Crippen LogP contribution < -0.4 is 0 Å². The molecule has 20 heavy (non-hydrogen) atoms. The predicted molar refractivity (Wildman–Crippen MR) is 79.8 cm³/mol. The lowest BCUT2D eigenvalue weighted by Gasteiger charge is -2.20. The molecule has 3 heteroatoms. The van der Waals surface area contributed by atoms with Crippen molar-refractivity contribution in [3.63, 3.8) is 0 Å². The molecule has 2 atom stereocenters. The van der Waals surface area contributed by atoms with Crippen LogP contribution in [0.4, 0.5) is 0 Å². The van der Waals surface area contributed by atoms with E-state index in [1.807, 2.05) is 48.5 Å². The fourth-order valence-corrected chi connectivity index (χ4v) is 3.40. The van der Waals surface area contributed by atoms with Crippen LogP contribution in [-0.2, 0) is 11.2 Å². The molecule has 2 unspecified atom stereocenters. The Hall–Kier alpha value is -1.45. The SMILES string of the molecule is O=C1c2ccccc2CCC12OC2c1ccc(Br)cc1. The monoisotopic (exact) mass is 328 g/mol. The van der Waals surface area contributed by atoms with Crippen LogP contribution in [-0.4, -0.2) is 11.4 Å². The van der Waals surface area contributed by atoms with E-state index in [2.05, 4.69) is 15.9 Å². The minimum absolute atomic E-state index is 0.0866. The highest BCUT2D eigenvalue weighted by atomic mass is 79.9. The van der Waals surface area contributed by atoms with Crippen LogP contribution in [0.1, 0.15) is 34.0 Å². The maximum atomic E-state index is 12.7. The summed E-state index contributed by atoms with van der Waals surface area (Å²) >= 11 is 3.43. The van der Waals surface area contributed by atoms with Crippen molar-refractivity contribution >= 4 is 21.7 Å². The van der Waals surface area contributed by atoms with Gasteiger partial charge in [-0.25, -0.2) is 0 Å². The first kappa shape index (κ1) is 12.3. The number of hydrogen-bond donors (Lipinski definition) is 0. The second-order valence-corrected chi connectivity index (χ2v) is 6.34. The van der Waals surface area contributed by atoms with E-state index >= 15 is 0 Å². The zero-order valence-electron chi connectivity index (χ0n) is 10.8. The third-order valence-electron chi connectivity index (χ3n) is 4.28. The maximum Gasteiger partial charge on any atom is 0.198 e. The van der Waals surface area contributed by atoms with Crippen LogP contribution in [0.15, 0.2) is 53.0 Å². The zero-order chi connectivity index (χ0) is 13.7. The van der Waals surface area contributed by atoms with E-state index in [9.17, 15) is 4.79 Å². The molecule has 2 aliphatic rings. The van der Waals surface area contributed by atoms with Crippen LogP contribution in [0.25, 0.3) is 0 Å². The molecule has 4 rings (SSSR count). The van der Waals surface area contributed by atoms with Crippen molar-refractivity contribution in [1.29, 1.82) is 0 Å². The van der Waals surface area contributed by atoms with Crippen molar-refractivity contribution in [2.45, 2.75) is 24.5 Å². The van der Waals surface area contributed by atoms with Crippen LogP contribution in [0.2, 0.25) is 0 Å². The first-order valence-corrected chi connectivity index (χ1v) is 7.56. The first-order chi connectivity index (χ1) is 9.71. The molecule has 100 valence electrons. The van der Waals surface area contributed by atoms with E-state index in [4.69, 9.17) is 4.74 Å². The molecule has 1 spiro atoms. The molecule has 0 N–H and O–H groups in total. The average molecular weight is 329 g/mol. The quantitative estimate of drug-likeness (QED) is 0.738. The molecule has 0 saturated carbocycles. The van der Waals surface area contributed by atoms with Gasteiger partial charge < -0.3 is 4.74 Å². The van der Waals surface area contributed by atoms with E-state index in [0.717, 1.165) is 34.0 Å². The van der Waals surface area contributed by atoms with Gasteiger partial charge in [-0.3, -0.25) is 4.79 Å². The van der Waals surface area contributed by atoms with Gasteiger partial charge in [-0.1, -0.05) is 52.3 Å². The number of epoxide rings is 1. The number of Topliss-reactive ketones (excluding diaryl/α,β-unsaturated/α-hetero) is 1. The van der Waals surface area contributed by atoms with Gasteiger partial charge in [0.2, 0.25) is 0 Å². The molecule has 0 amide bonds. The zero-order valence-corrected chi connectivity index (χ0v) is 12.4. The van der Waals surface area contributed by atoms with Crippen LogP contribution in [0.5, 0.6) is 0 Å². The van der Waals surface area contributed by atoms with Gasteiger partial charge in [-0.2, -0.15) is 0 Å². The van der Waals surface area contributed by atoms with Crippen LogP contribution in [0, 0.1) is 0 Å². The van der Waals surface area contributed by atoms with Gasteiger partial charge in [-0.15, -0.1) is 0 Å². The lowest BCUT2D eigenvalue weighted by molar-refractivity contribution is 0.0850. The standard InChI is InChI=1S/C17H13BrO2/c18-13-7-5-12(6-8-13)16-17(20-16)10-9-11-3-1-2-4-14(11)15(17)19/h1-8,16H,9-10H2. The topological polar surface area (TPSA) is 29.6 Å². The van der Waals surface area contributed by atoms with E-state index in [0.29, 0.717) is 0 Å². The molecule has 0 aromatic heterocycles. The lowest BCUT2D eigenvalue weighted by Crippen LogP contribution is -2.31. The molecule has 1 saturated heterocycles. The Morgan fingerprint density at radius 2 is 1.85 bits per heavy atom. The summed E-state index contributed by atoms with van der Waals surface area (Å²) in [4.78, 5) is 12.7. The van der Waals surface area contributed by atoms with E-state index in [1.165, 1.54) is 0 Å². The molecule has 0 bridgehead atoms. The smallest absolute Gasteiger partial charge is 0.198 e. The number of ether oxygens (including phenoxy) is 1. The molecule has 1 aliphatic carbocycles. The summed E-state index contributed by atoms with van der Waals surface area (Å²) in [5.41, 5.74) is 2.45. The fourth-order valence-electron chi connectivity index (χ4n) is 3.14. The summed E-state index contributed by atoms with van der Waals surface area (Å²) in [6, 6.07) is 15.9. The van der Waals surface area contributed by atoms with Gasteiger partial charge in [0.15, 0.2) is 11.4 Å². The molecule has 1 fully saturated rings. The number of halogens is 1. The van der Waals surface area contributed by atoms with Crippen molar-refractivity contribution in [1.82, 2.24) is 0 Å². The Bertz CT molecular complexity index is 692. The molecule has 2 nitrogen and oxygen atoms in total. The minimum Gasteiger partial charge on any atom is -0.352 e. The molecular weight excluding hydrogens is 316 g/mol. The molecule has 1 aliphatic heterocycles. The average Bonchev–Trinajstić information content (AvgIpc) is 3.20. The highest BCUT2D eigenvalue weighted by Crippen LogP contribution is 2.56. The summed E-state index contributed by atoms with van der Waals surface area (Å²) in [6.45, 7) is 0. The lowest BCUT2D eigenvalue weighted by atomic mass is 9.79. The van der Waals surface area contributed by atoms with Crippen molar-refractivity contribution in [3.05, 3.63) is 69.7 Å². The van der Waals surface area contributed by atoms with Crippen molar-refractivity contribution < 1.29 is 9.53 Å². The van der Waals surface area contributed by atoms with E-state index in [-0.39, 0.29) is 11.9 Å². The summed E-state index contributed by atoms with van der Waals surface area (Å²) in [5, 5.41) is 0. The minimum atomic E-state index is -0.609. The number of hydrogen-bond acceptors (Lipinski definition) is 2. The summed E-state index contributed by atoms with van der Waals surface area (Å²) in [5.74, 6) is 0.146. The van der Waals surface area contributed by atoms with Gasteiger partial charge in [0.1, 0.15) is 6.10 Å². The molecule has 1 heterocycles. The summed E-state index contributed by atoms with van der Waals surface area (Å²) < 4.78 is 6.91. The number of carbonyl (C=O) groups excluding carboxylic acids is 1. The van der Waals surface area contributed by atoms with E-state index in [1.54, 1.807) is 0 Å². The number of rotatable bonds is 1. The van der Waals surface area contributed by atoms with Gasteiger partial charge >= 0.3 is 0 Å². The number of ketones is 1. The Morgan fingerprint density at radius 1 is 1.10 bits per heavy atom. The van der Waals surface area contributed by atoms with Crippen molar-refractivity contribution in [2.24, 2.45) is 0 Å². The molecular formula is C17H13BrO2. The largest absolute Gasteiger partial charge is 0.352 e. The first-order valence-electron chi connectivity index (χ1n) is 6.77. The van der Waals surface area contributed by atoms with Gasteiger partial charge in [-0.05, 0) is 36.1 Å². The third kappa shape index (κ3) is 1.70. The second kappa shape index (κ2) is 4.27. The second-order valence-electron chi connectivity index (χ2n) is 5.43. The Kier molecular flexibility index (Phi) is 2.63. The van der Waals surface area contributed by atoms with E-state index < -0.39 is 5.60 Å².